The first-order valence-electron chi connectivity index (χ1n) is 7.52. The summed E-state index contributed by atoms with van der Waals surface area (Å²) >= 11 is 1.32. The average Bonchev–Trinajstić information content (AvgIpc) is 3.03. The number of amides is 2. The summed E-state index contributed by atoms with van der Waals surface area (Å²) in [7, 11) is 1.51. The maximum atomic E-state index is 12.2. The Bertz CT molecular complexity index is 727. The van der Waals surface area contributed by atoms with Crippen LogP contribution in [0.1, 0.15) is 38.9 Å². The monoisotopic (exact) mass is 348 g/mol. The molecule has 1 heterocycles. The number of carbonyl (C=O) groups is 2. The summed E-state index contributed by atoms with van der Waals surface area (Å²) in [6, 6.07) is 6.71. The van der Waals surface area contributed by atoms with Crippen LogP contribution in [0.4, 0.5) is 0 Å². The van der Waals surface area contributed by atoms with Crippen molar-refractivity contribution in [1.29, 1.82) is 0 Å². The van der Waals surface area contributed by atoms with Crippen molar-refractivity contribution in [3.63, 3.8) is 0 Å². The maximum absolute atomic E-state index is 12.2. The molecule has 2 rings (SSSR count). The van der Waals surface area contributed by atoms with Crippen LogP contribution in [0.5, 0.6) is 11.5 Å². The lowest BCUT2D eigenvalue weighted by Gasteiger charge is -2.12. The Morgan fingerprint density at radius 1 is 1.12 bits per heavy atom. The Morgan fingerprint density at radius 3 is 2.50 bits per heavy atom. The molecular formula is C17H20N2O4S. The van der Waals surface area contributed by atoms with Crippen LogP contribution >= 0.6 is 11.3 Å². The molecule has 24 heavy (non-hydrogen) atoms. The molecule has 1 aromatic carbocycles. The highest BCUT2D eigenvalue weighted by Gasteiger charge is 2.14. The van der Waals surface area contributed by atoms with Crippen LogP contribution in [0.15, 0.2) is 29.6 Å². The quantitative estimate of drug-likeness (QED) is 0.787. The first-order valence-corrected chi connectivity index (χ1v) is 8.40. The van der Waals surface area contributed by atoms with Gasteiger partial charge in [0, 0.05) is 5.56 Å². The zero-order valence-corrected chi connectivity index (χ0v) is 14.7. The Hall–Kier alpha value is -2.54. The molecule has 0 fully saturated rings. The van der Waals surface area contributed by atoms with Crippen molar-refractivity contribution in [3.05, 3.63) is 45.6 Å². The normalized spacial score (nSPS) is 10.1. The Morgan fingerprint density at radius 2 is 1.88 bits per heavy atom. The number of ether oxygens (including phenoxy) is 2. The SMILES string of the molecule is CCCOc1ccc(C(=O)NNC(=O)c2sccc2C)cc1OC. The highest BCUT2D eigenvalue weighted by molar-refractivity contribution is 7.12. The molecule has 0 aliphatic carbocycles. The molecule has 0 radical (unpaired) electrons. The van der Waals surface area contributed by atoms with Gasteiger partial charge in [0.15, 0.2) is 11.5 Å². The lowest BCUT2D eigenvalue weighted by molar-refractivity contribution is 0.0848. The third-order valence-corrected chi connectivity index (χ3v) is 4.26. The first-order chi connectivity index (χ1) is 11.6. The summed E-state index contributed by atoms with van der Waals surface area (Å²) in [6.07, 6.45) is 0.875. The van der Waals surface area contributed by atoms with E-state index in [1.54, 1.807) is 18.2 Å². The number of benzene rings is 1. The van der Waals surface area contributed by atoms with Crippen molar-refractivity contribution in [1.82, 2.24) is 10.9 Å². The zero-order valence-electron chi connectivity index (χ0n) is 13.8. The first kappa shape index (κ1) is 17.8. The second kappa shape index (κ2) is 8.35. The van der Waals surface area contributed by atoms with Crippen LogP contribution in [0.2, 0.25) is 0 Å². The van der Waals surface area contributed by atoms with Gasteiger partial charge in [0.2, 0.25) is 0 Å². The molecule has 0 unspecified atom stereocenters. The van der Waals surface area contributed by atoms with Gasteiger partial charge in [-0.05, 0) is 48.6 Å². The third-order valence-electron chi connectivity index (χ3n) is 3.25. The van der Waals surface area contributed by atoms with Gasteiger partial charge in [-0.25, -0.2) is 0 Å². The van der Waals surface area contributed by atoms with E-state index in [9.17, 15) is 9.59 Å². The van der Waals surface area contributed by atoms with E-state index >= 15 is 0 Å². The Balaban J connectivity index is 2.01. The molecule has 0 atom stereocenters. The molecule has 2 amide bonds. The summed E-state index contributed by atoms with van der Waals surface area (Å²) in [5, 5.41) is 1.83. The zero-order chi connectivity index (χ0) is 17.5. The minimum atomic E-state index is -0.432. The largest absolute Gasteiger partial charge is 0.493 e. The van der Waals surface area contributed by atoms with Gasteiger partial charge in [0.25, 0.3) is 11.8 Å². The minimum absolute atomic E-state index is 0.342. The summed E-state index contributed by atoms with van der Waals surface area (Å²) in [4.78, 5) is 24.7. The van der Waals surface area contributed by atoms with E-state index in [1.807, 2.05) is 25.3 Å². The number of aryl methyl sites for hydroxylation is 1. The van der Waals surface area contributed by atoms with Crippen molar-refractivity contribution in [2.45, 2.75) is 20.3 Å². The number of hydrogen-bond donors (Lipinski definition) is 2. The highest BCUT2D eigenvalue weighted by atomic mass is 32.1. The fourth-order valence-electron chi connectivity index (χ4n) is 1.99. The predicted octanol–water partition coefficient (Wildman–Crippen LogP) is 2.93. The van der Waals surface area contributed by atoms with E-state index in [0.717, 1.165) is 12.0 Å². The standard InChI is InChI=1S/C17H20N2O4S/c1-4-8-23-13-6-5-12(10-14(13)22-3)16(20)18-19-17(21)15-11(2)7-9-24-15/h5-7,9-10H,4,8H2,1-3H3,(H,18,20)(H,19,21). The van der Waals surface area contributed by atoms with Crippen LogP contribution in [0.3, 0.4) is 0 Å². The molecular weight excluding hydrogens is 328 g/mol. The summed E-state index contributed by atoms with van der Waals surface area (Å²) in [5.41, 5.74) is 6.04. The molecule has 6 nitrogen and oxygen atoms in total. The lowest BCUT2D eigenvalue weighted by Crippen LogP contribution is -2.41. The van der Waals surface area contributed by atoms with Crippen molar-refractivity contribution >= 4 is 23.2 Å². The van der Waals surface area contributed by atoms with Crippen molar-refractivity contribution in [2.24, 2.45) is 0 Å². The third kappa shape index (κ3) is 4.26. The van der Waals surface area contributed by atoms with E-state index in [0.29, 0.717) is 28.5 Å². The maximum Gasteiger partial charge on any atom is 0.280 e. The van der Waals surface area contributed by atoms with Gasteiger partial charge in [-0.15, -0.1) is 11.3 Å². The van der Waals surface area contributed by atoms with Crippen LogP contribution in [0.25, 0.3) is 0 Å². The van der Waals surface area contributed by atoms with Crippen LogP contribution < -0.4 is 20.3 Å². The fourth-order valence-corrected chi connectivity index (χ4v) is 2.81. The smallest absolute Gasteiger partial charge is 0.280 e. The van der Waals surface area contributed by atoms with Crippen LogP contribution in [0, 0.1) is 6.92 Å². The van der Waals surface area contributed by atoms with Gasteiger partial charge in [0.1, 0.15) is 0 Å². The second-order valence-corrected chi connectivity index (χ2v) is 5.97. The van der Waals surface area contributed by atoms with Crippen molar-refractivity contribution < 1.29 is 19.1 Å². The summed E-state index contributed by atoms with van der Waals surface area (Å²) in [5.74, 6) is 0.272. The molecule has 0 bridgehead atoms. The average molecular weight is 348 g/mol. The van der Waals surface area contributed by atoms with Gasteiger partial charge in [-0.1, -0.05) is 6.92 Å². The van der Waals surface area contributed by atoms with Crippen molar-refractivity contribution in [2.75, 3.05) is 13.7 Å². The van der Waals surface area contributed by atoms with E-state index in [4.69, 9.17) is 9.47 Å². The number of carbonyl (C=O) groups excluding carboxylic acids is 2. The predicted molar refractivity (Wildman–Crippen MR) is 92.8 cm³/mol. The number of nitrogens with one attached hydrogen (secondary N) is 2. The summed E-state index contributed by atoms with van der Waals surface area (Å²) < 4.78 is 10.8. The van der Waals surface area contributed by atoms with E-state index in [-0.39, 0.29) is 5.91 Å². The van der Waals surface area contributed by atoms with Gasteiger partial charge >= 0.3 is 0 Å². The molecule has 1 aromatic heterocycles. The molecule has 2 aromatic rings. The number of hydrogen-bond acceptors (Lipinski definition) is 5. The minimum Gasteiger partial charge on any atom is -0.493 e. The number of methoxy groups -OCH3 is 1. The van der Waals surface area contributed by atoms with Crippen LogP contribution in [-0.2, 0) is 0 Å². The number of hydrazine groups is 1. The van der Waals surface area contributed by atoms with E-state index in [2.05, 4.69) is 10.9 Å². The molecule has 7 heteroatoms. The molecule has 0 spiro atoms. The van der Waals surface area contributed by atoms with E-state index in [1.165, 1.54) is 18.4 Å². The molecule has 2 N–H and O–H groups in total. The van der Waals surface area contributed by atoms with E-state index < -0.39 is 5.91 Å². The summed E-state index contributed by atoms with van der Waals surface area (Å²) in [6.45, 7) is 4.41. The number of rotatable bonds is 6. The Kier molecular flexibility index (Phi) is 6.20. The lowest BCUT2D eigenvalue weighted by atomic mass is 10.2. The second-order valence-electron chi connectivity index (χ2n) is 5.06. The highest BCUT2D eigenvalue weighted by Crippen LogP contribution is 2.28. The Labute approximate surface area is 144 Å². The number of thiophene rings is 1. The fraction of sp³-hybridized carbons (Fsp3) is 0.294. The molecule has 0 aliphatic heterocycles. The van der Waals surface area contributed by atoms with Crippen molar-refractivity contribution in [3.8, 4) is 11.5 Å². The van der Waals surface area contributed by atoms with Gasteiger partial charge in [-0.2, -0.15) is 0 Å². The van der Waals surface area contributed by atoms with Crippen LogP contribution in [-0.4, -0.2) is 25.5 Å². The molecule has 0 aliphatic rings. The van der Waals surface area contributed by atoms with Gasteiger partial charge in [0.05, 0.1) is 18.6 Å². The van der Waals surface area contributed by atoms with Gasteiger partial charge < -0.3 is 9.47 Å². The molecule has 0 saturated heterocycles. The molecule has 128 valence electrons. The molecule has 0 saturated carbocycles. The van der Waals surface area contributed by atoms with Gasteiger partial charge in [-0.3, -0.25) is 20.4 Å². The topological polar surface area (TPSA) is 76.7 Å².